The quantitative estimate of drug-likeness (QED) is 0.665. The van der Waals surface area contributed by atoms with E-state index in [1.165, 1.54) is 0 Å². The molecule has 19 heavy (non-hydrogen) atoms. The lowest BCUT2D eigenvalue weighted by Crippen LogP contribution is -2.22. The maximum Gasteiger partial charge on any atom is 0.332 e. The predicted octanol–water partition coefficient (Wildman–Crippen LogP) is 1.70. The number of para-hydroxylation sites is 1. The molecule has 96 valence electrons. The predicted molar refractivity (Wildman–Crippen MR) is 70.9 cm³/mol. The van der Waals surface area contributed by atoms with Crippen molar-refractivity contribution in [2.24, 2.45) is 0 Å². The van der Waals surface area contributed by atoms with Crippen LogP contribution in [-0.4, -0.2) is 32.3 Å². The van der Waals surface area contributed by atoms with Gasteiger partial charge in [0.25, 0.3) is 0 Å². The molecule has 1 atom stereocenters. The first-order valence-corrected chi connectivity index (χ1v) is 5.92. The van der Waals surface area contributed by atoms with Crippen LogP contribution in [0.2, 0.25) is 0 Å². The highest BCUT2D eigenvalue weighted by Crippen LogP contribution is 2.26. The van der Waals surface area contributed by atoms with E-state index in [0.29, 0.717) is 5.69 Å². The zero-order chi connectivity index (χ0) is 13.4. The third-order valence-electron chi connectivity index (χ3n) is 3.18. The number of hydrogen-bond donors (Lipinski definition) is 3. The molecule has 2 heterocycles. The highest BCUT2D eigenvalue weighted by Gasteiger charge is 2.17. The van der Waals surface area contributed by atoms with Crippen LogP contribution in [0.5, 0.6) is 0 Å². The molecule has 0 amide bonds. The summed E-state index contributed by atoms with van der Waals surface area (Å²) in [5.41, 5.74) is 2.31. The Morgan fingerprint density at radius 1 is 1.26 bits per heavy atom. The van der Waals surface area contributed by atoms with Gasteiger partial charge in [0.2, 0.25) is 0 Å². The van der Waals surface area contributed by atoms with Gasteiger partial charge in [-0.05, 0) is 12.1 Å². The molecule has 0 saturated carbocycles. The van der Waals surface area contributed by atoms with Crippen molar-refractivity contribution in [1.82, 2.24) is 9.97 Å². The minimum absolute atomic E-state index is 0.0144. The summed E-state index contributed by atoms with van der Waals surface area (Å²) in [6.07, 6.45) is 0.177. The van der Waals surface area contributed by atoms with Crippen LogP contribution in [-0.2, 0) is 11.2 Å². The number of nitrogens with one attached hydrogen (secondary N) is 1. The Hall–Kier alpha value is -2.40. The Balaban J connectivity index is 2.18. The summed E-state index contributed by atoms with van der Waals surface area (Å²) in [4.78, 5) is 18.1. The van der Waals surface area contributed by atoms with E-state index in [-0.39, 0.29) is 6.42 Å². The lowest BCUT2D eigenvalue weighted by molar-refractivity contribution is -0.146. The van der Waals surface area contributed by atoms with Crippen LogP contribution < -0.4 is 0 Å². The molecule has 0 unspecified atom stereocenters. The number of aromatic nitrogens is 2. The van der Waals surface area contributed by atoms with Gasteiger partial charge in [-0.1, -0.05) is 18.2 Å². The van der Waals surface area contributed by atoms with E-state index in [0.717, 1.165) is 21.8 Å². The molecule has 3 aromatic rings. The second-order valence-corrected chi connectivity index (χ2v) is 4.41. The molecule has 5 nitrogen and oxygen atoms in total. The Morgan fingerprint density at radius 3 is 2.84 bits per heavy atom. The number of carboxylic acid groups (broad SMARTS) is 1. The second kappa shape index (κ2) is 4.37. The van der Waals surface area contributed by atoms with Gasteiger partial charge in [0, 0.05) is 28.9 Å². The van der Waals surface area contributed by atoms with E-state index >= 15 is 0 Å². The first-order chi connectivity index (χ1) is 9.16. The minimum atomic E-state index is -1.44. The van der Waals surface area contributed by atoms with Crippen molar-refractivity contribution in [2.45, 2.75) is 12.5 Å². The van der Waals surface area contributed by atoms with Gasteiger partial charge in [-0.2, -0.15) is 0 Å². The summed E-state index contributed by atoms with van der Waals surface area (Å²) >= 11 is 0. The van der Waals surface area contributed by atoms with Gasteiger partial charge in [0.05, 0.1) is 11.2 Å². The number of carboxylic acids is 1. The molecule has 0 fully saturated rings. The largest absolute Gasteiger partial charge is 0.479 e. The van der Waals surface area contributed by atoms with Crippen molar-refractivity contribution in [1.29, 1.82) is 0 Å². The molecule has 3 N–H and O–H groups in total. The summed E-state index contributed by atoms with van der Waals surface area (Å²) in [7, 11) is 0. The van der Waals surface area contributed by atoms with Crippen LogP contribution in [0.1, 0.15) is 5.69 Å². The third kappa shape index (κ3) is 1.94. The molecule has 2 aromatic heterocycles. The lowest BCUT2D eigenvalue weighted by atomic mass is 10.1. The maximum atomic E-state index is 10.7. The Labute approximate surface area is 108 Å². The van der Waals surface area contributed by atoms with Crippen molar-refractivity contribution in [3.63, 3.8) is 0 Å². The first kappa shape index (κ1) is 11.7. The fraction of sp³-hybridized carbons (Fsp3) is 0.143. The van der Waals surface area contributed by atoms with Gasteiger partial charge in [0.15, 0.2) is 6.10 Å². The van der Waals surface area contributed by atoms with Crippen LogP contribution in [0, 0.1) is 0 Å². The Morgan fingerprint density at radius 2 is 2.05 bits per heavy atom. The molecule has 0 aliphatic rings. The van der Waals surface area contributed by atoms with Crippen molar-refractivity contribution in [3.8, 4) is 0 Å². The van der Waals surface area contributed by atoms with Crippen molar-refractivity contribution >= 4 is 27.8 Å². The molecule has 0 bridgehead atoms. The van der Waals surface area contributed by atoms with Crippen LogP contribution in [0.25, 0.3) is 21.8 Å². The standard InChI is InChI=1S/C14H12N2O3/c17-12(14(18)19)7-11-13-9(5-6-15-11)8-3-1-2-4-10(8)16-13/h1-6,12,16-17H,7H2,(H,18,19)/t12-/m0/s1. The van der Waals surface area contributed by atoms with E-state index in [4.69, 9.17) is 5.11 Å². The van der Waals surface area contributed by atoms with Gasteiger partial charge in [-0.15, -0.1) is 0 Å². The topological polar surface area (TPSA) is 86.2 Å². The zero-order valence-electron chi connectivity index (χ0n) is 10.00. The van der Waals surface area contributed by atoms with E-state index in [1.807, 2.05) is 30.3 Å². The smallest absolute Gasteiger partial charge is 0.332 e. The summed E-state index contributed by atoms with van der Waals surface area (Å²) in [5, 5.41) is 20.3. The van der Waals surface area contributed by atoms with E-state index in [9.17, 15) is 9.90 Å². The number of benzene rings is 1. The van der Waals surface area contributed by atoms with Crippen molar-refractivity contribution in [2.75, 3.05) is 0 Å². The van der Waals surface area contributed by atoms with E-state index in [1.54, 1.807) is 6.20 Å². The van der Waals surface area contributed by atoms with E-state index < -0.39 is 12.1 Å². The fourth-order valence-corrected chi connectivity index (χ4v) is 2.26. The van der Waals surface area contributed by atoms with Crippen molar-refractivity contribution < 1.29 is 15.0 Å². The monoisotopic (exact) mass is 256 g/mol. The SMILES string of the molecule is O=C(O)[C@@H](O)Cc1nccc2c1[nH]c1ccccc12. The number of aliphatic hydroxyl groups is 1. The Bertz CT molecular complexity index is 764. The van der Waals surface area contributed by atoms with E-state index in [2.05, 4.69) is 9.97 Å². The molecule has 0 saturated heterocycles. The van der Waals surface area contributed by atoms with Gasteiger partial charge >= 0.3 is 5.97 Å². The number of fused-ring (bicyclic) bond motifs is 3. The average molecular weight is 256 g/mol. The Kier molecular flexibility index (Phi) is 2.68. The normalized spacial score (nSPS) is 12.9. The fourth-order valence-electron chi connectivity index (χ4n) is 2.26. The number of nitrogens with zero attached hydrogens (tertiary/aromatic N) is 1. The molecule has 0 aliphatic carbocycles. The number of carbonyl (C=O) groups is 1. The highest BCUT2D eigenvalue weighted by atomic mass is 16.4. The summed E-state index contributed by atoms with van der Waals surface area (Å²) in [5.74, 6) is -1.24. The maximum absolute atomic E-state index is 10.7. The van der Waals surface area contributed by atoms with Gasteiger partial charge < -0.3 is 15.2 Å². The summed E-state index contributed by atoms with van der Waals surface area (Å²) in [6, 6.07) is 9.70. The van der Waals surface area contributed by atoms with Crippen LogP contribution in [0.3, 0.4) is 0 Å². The lowest BCUT2D eigenvalue weighted by Gasteiger charge is -2.05. The van der Waals surface area contributed by atoms with Crippen LogP contribution in [0.15, 0.2) is 36.5 Å². The molecule has 0 spiro atoms. The molecule has 1 aromatic carbocycles. The third-order valence-corrected chi connectivity index (χ3v) is 3.18. The molecule has 0 aliphatic heterocycles. The van der Waals surface area contributed by atoms with Crippen molar-refractivity contribution in [3.05, 3.63) is 42.2 Å². The number of H-pyrrole nitrogens is 1. The zero-order valence-corrected chi connectivity index (χ0v) is 10.00. The van der Waals surface area contributed by atoms with Gasteiger partial charge in [-0.25, -0.2) is 4.79 Å². The van der Waals surface area contributed by atoms with Gasteiger partial charge in [0.1, 0.15) is 0 Å². The molecular weight excluding hydrogens is 244 g/mol. The minimum Gasteiger partial charge on any atom is -0.479 e. The number of aromatic amines is 1. The number of pyridine rings is 1. The van der Waals surface area contributed by atoms with Crippen LogP contribution >= 0.6 is 0 Å². The van der Waals surface area contributed by atoms with Gasteiger partial charge in [-0.3, -0.25) is 4.98 Å². The summed E-state index contributed by atoms with van der Waals surface area (Å²) < 4.78 is 0. The average Bonchev–Trinajstić information content (AvgIpc) is 2.78. The molecular formula is C14H12N2O3. The van der Waals surface area contributed by atoms with Crippen LogP contribution in [0.4, 0.5) is 0 Å². The molecule has 0 radical (unpaired) electrons. The first-order valence-electron chi connectivity index (χ1n) is 5.92. The highest BCUT2D eigenvalue weighted by molar-refractivity contribution is 6.07. The second-order valence-electron chi connectivity index (χ2n) is 4.41. The molecule has 3 rings (SSSR count). The number of aliphatic carboxylic acids is 1. The number of rotatable bonds is 3. The molecule has 5 heteroatoms. The number of hydrogen-bond acceptors (Lipinski definition) is 3. The number of aliphatic hydroxyl groups excluding tert-OH is 1. The summed E-state index contributed by atoms with van der Waals surface area (Å²) in [6.45, 7) is 0.